The van der Waals surface area contributed by atoms with E-state index in [4.69, 9.17) is 15.6 Å². The van der Waals surface area contributed by atoms with Gasteiger partial charge in [0.1, 0.15) is 5.75 Å². The van der Waals surface area contributed by atoms with E-state index in [2.05, 4.69) is 0 Å². The number of amides is 1. The zero-order valence-electron chi connectivity index (χ0n) is 11.7. The highest BCUT2D eigenvalue weighted by atomic mass is 16.5. The van der Waals surface area contributed by atoms with Crippen LogP contribution in [0.5, 0.6) is 5.75 Å². The van der Waals surface area contributed by atoms with Gasteiger partial charge in [0.15, 0.2) is 0 Å². The third kappa shape index (κ3) is 3.61. The van der Waals surface area contributed by atoms with Crippen LogP contribution in [0.4, 0.5) is 5.69 Å². The first-order valence-electron chi connectivity index (χ1n) is 6.37. The molecule has 1 aromatic carbocycles. The zero-order chi connectivity index (χ0) is 14.4. The fourth-order valence-corrected chi connectivity index (χ4v) is 1.90. The van der Waals surface area contributed by atoms with E-state index in [1.807, 2.05) is 13.8 Å². The number of ether oxygens (including phenoxy) is 1. The molecule has 0 aliphatic carbocycles. The van der Waals surface area contributed by atoms with Crippen LogP contribution in [0.25, 0.3) is 0 Å². The average molecular weight is 266 g/mol. The lowest BCUT2D eigenvalue weighted by molar-refractivity contribution is 0.0694. The summed E-state index contributed by atoms with van der Waals surface area (Å²) in [6, 6.07) is 5.20. The molecule has 1 rings (SSSR count). The first kappa shape index (κ1) is 15.3. The number of aliphatic hydroxyl groups excluding tert-OH is 1. The largest absolute Gasteiger partial charge is 0.495 e. The molecule has 0 aliphatic heterocycles. The summed E-state index contributed by atoms with van der Waals surface area (Å²) in [6.45, 7) is 4.44. The van der Waals surface area contributed by atoms with Crippen LogP contribution >= 0.6 is 0 Å². The minimum Gasteiger partial charge on any atom is -0.495 e. The Balaban J connectivity index is 3.02. The average Bonchev–Trinajstić information content (AvgIpc) is 2.38. The monoisotopic (exact) mass is 266 g/mol. The summed E-state index contributed by atoms with van der Waals surface area (Å²) >= 11 is 0. The van der Waals surface area contributed by atoms with Crippen LogP contribution in [0, 0.1) is 0 Å². The fraction of sp³-hybridized carbons (Fsp3) is 0.500. The maximum absolute atomic E-state index is 12.5. The van der Waals surface area contributed by atoms with Gasteiger partial charge in [-0.3, -0.25) is 4.79 Å². The molecule has 0 atom stereocenters. The van der Waals surface area contributed by atoms with Gasteiger partial charge in [-0.1, -0.05) is 6.07 Å². The molecule has 0 heterocycles. The zero-order valence-corrected chi connectivity index (χ0v) is 11.7. The lowest BCUT2D eigenvalue weighted by atomic mass is 10.1. The number of para-hydroxylation sites is 1. The Hall–Kier alpha value is -1.75. The van der Waals surface area contributed by atoms with Crippen molar-refractivity contribution < 1.29 is 14.6 Å². The van der Waals surface area contributed by atoms with Crippen LogP contribution in [0.1, 0.15) is 30.6 Å². The van der Waals surface area contributed by atoms with Crippen molar-refractivity contribution in [1.82, 2.24) is 4.90 Å². The predicted molar refractivity (Wildman–Crippen MR) is 75.3 cm³/mol. The van der Waals surface area contributed by atoms with E-state index in [0.29, 0.717) is 30.0 Å². The summed E-state index contributed by atoms with van der Waals surface area (Å²) in [5, 5.41) is 8.90. The number of aliphatic hydroxyl groups is 1. The number of rotatable bonds is 6. The molecule has 5 heteroatoms. The third-order valence-corrected chi connectivity index (χ3v) is 2.96. The summed E-state index contributed by atoms with van der Waals surface area (Å²) in [5.41, 5.74) is 6.73. The Morgan fingerprint density at radius 1 is 1.47 bits per heavy atom. The number of methoxy groups -OCH3 is 1. The molecule has 0 unspecified atom stereocenters. The van der Waals surface area contributed by atoms with E-state index < -0.39 is 0 Å². The molecule has 0 bridgehead atoms. The molecule has 106 valence electrons. The van der Waals surface area contributed by atoms with E-state index in [9.17, 15) is 4.79 Å². The molecule has 0 saturated carbocycles. The third-order valence-electron chi connectivity index (χ3n) is 2.96. The fourth-order valence-electron chi connectivity index (χ4n) is 1.90. The molecule has 0 radical (unpaired) electrons. The Labute approximate surface area is 114 Å². The second kappa shape index (κ2) is 6.99. The Morgan fingerprint density at radius 2 is 2.16 bits per heavy atom. The minimum atomic E-state index is -0.139. The van der Waals surface area contributed by atoms with Crippen molar-refractivity contribution in [2.75, 3.05) is 26.0 Å². The maximum atomic E-state index is 12.5. The molecule has 19 heavy (non-hydrogen) atoms. The smallest absolute Gasteiger partial charge is 0.256 e. The molecule has 3 N–H and O–H groups in total. The van der Waals surface area contributed by atoms with E-state index in [1.165, 1.54) is 7.11 Å². The van der Waals surface area contributed by atoms with Gasteiger partial charge in [0.05, 0.1) is 18.4 Å². The lowest BCUT2D eigenvalue weighted by Gasteiger charge is -2.27. The summed E-state index contributed by atoms with van der Waals surface area (Å²) in [6.07, 6.45) is 0.549. The van der Waals surface area contributed by atoms with Gasteiger partial charge in [0.2, 0.25) is 0 Å². The van der Waals surface area contributed by atoms with Crippen LogP contribution in [0.2, 0.25) is 0 Å². The first-order valence-corrected chi connectivity index (χ1v) is 6.37. The molecule has 5 nitrogen and oxygen atoms in total. The van der Waals surface area contributed by atoms with Gasteiger partial charge in [0.25, 0.3) is 5.91 Å². The number of hydrogen-bond donors (Lipinski definition) is 2. The Bertz CT molecular complexity index is 433. The SMILES string of the molecule is COc1cccc(C(=O)N(CCCO)C(C)C)c1N. The summed E-state index contributed by atoms with van der Waals surface area (Å²) in [4.78, 5) is 14.2. The number of nitrogens with two attached hydrogens (primary N) is 1. The van der Waals surface area contributed by atoms with Crippen molar-refractivity contribution in [2.45, 2.75) is 26.3 Å². The molecule has 1 amide bonds. The predicted octanol–water partition coefficient (Wildman–Crippen LogP) is 1.51. The molecule has 1 aromatic rings. The van der Waals surface area contributed by atoms with Crippen molar-refractivity contribution in [3.05, 3.63) is 23.8 Å². The van der Waals surface area contributed by atoms with Gasteiger partial charge >= 0.3 is 0 Å². The number of carbonyl (C=O) groups is 1. The van der Waals surface area contributed by atoms with E-state index in [0.717, 1.165) is 0 Å². The minimum absolute atomic E-state index is 0.0460. The summed E-state index contributed by atoms with van der Waals surface area (Å²) in [5.74, 6) is 0.358. The van der Waals surface area contributed by atoms with Crippen LogP contribution in [-0.2, 0) is 0 Å². The second-order valence-corrected chi connectivity index (χ2v) is 4.59. The highest BCUT2D eigenvalue weighted by Gasteiger charge is 2.21. The van der Waals surface area contributed by atoms with Gasteiger partial charge in [-0.05, 0) is 32.4 Å². The number of nitrogen functional groups attached to an aromatic ring is 1. The molecular formula is C14H22N2O3. The second-order valence-electron chi connectivity index (χ2n) is 4.59. The number of nitrogens with zero attached hydrogens (tertiary/aromatic N) is 1. The molecule has 0 aliphatic rings. The standard InChI is InChI=1S/C14H22N2O3/c1-10(2)16(8-5-9-17)14(18)11-6-4-7-12(19-3)13(11)15/h4,6-7,10,17H,5,8-9,15H2,1-3H3. The maximum Gasteiger partial charge on any atom is 0.256 e. The van der Waals surface area contributed by atoms with Gasteiger partial charge in [-0.15, -0.1) is 0 Å². The Kier molecular flexibility index (Phi) is 5.63. The normalized spacial score (nSPS) is 10.6. The summed E-state index contributed by atoms with van der Waals surface area (Å²) < 4.78 is 5.12. The van der Waals surface area contributed by atoms with Gasteiger partial charge in [-0.25, -0.2) is 0 Å². The van der Waals surface area contributed by atoms with Crippen LogP contribution < -0.4 is 10.5 Å². The molecule has 0 aromatic heterocycles. The van der Waals surface area contributed by atoms with Crippen molar-refractivity contribution >= 4 is 11.6 Å². The lowest BCUT2D eigenvalue weighted by Crippen LogP contribution is -2.38. The van der Waals surface area contributed by atoms with Crippen molar-refractivity contribution in [3.63, 3.8) is 0 Å². The number of anilines is 1. The van der Waals surface area contributed by atoms with Crippen LogP contribution in [-0.4, -0.2) is 42.2 Å². The summed E-state index contributed by atoms with van der Waals surface area (Å²) in [7, 11) is 1.52. The Morgan fingerprint density at radius 3 is 2.68 bits per heavy atom. The number of hydrogen-bond acceptors (Lipinski definition) is 4. The van der Waals surface area contributed by atoms with Crippen molar-refractivity contribution in [2.24, 2.45) is 0 Å². The van der Waals surface area contributed by atoms with E-state index >= 15 is 0 Å². The number of benzene rings is 1. The van der Waals surface area contributed by atoms with E-state index in [-0.39, 0.29) is 18.6 Å². The van der Waals surface area contributed by atoms with Gasteiger partial charge in [0, 0.05) is 19.2 Å². The van der Waals surface area contributed by atoms with Crippen LogP contribution in [0.3, 0.4) is 0 Å². The quantitative estimate of drug-likeness (QED) is 0.765. The molecule has 0 spiro atoms. The molecular weight excluding hydrogens is 244 g/mol. The molecule has 0 saturated heterocycles. The van der Waals surface area contributed by atoms with Crippen LogP contribution in [0.15, 0.2) is 18.2 Å². The highest BCUT2D eigenvalue weighted by molar-refractivity contribution is 6.00. The topological polar surface area (TPSA) is 75.8 Å². The van der Waals surface area contributed by atoms with Gasteiger partial charge < -0.3 is 20.5 Å². The van der Waals surface area contributed by atoms with E-state index in [1.54, 1.807) is 23.1 Å². The first-order chi connectivity index (χ1) is 9.02. The molecule has 0 fully saturated rings. The van der Waals surface area contributed by atoms with Crippen molar-refractivity contribution in [1.29, 1.82) is 0 Å². The number of carbonyl (C=O) groups excluding carboxylic acids is 1. The van der Waals surface area contributed by atoms with Crippen molar-refractivity contribution in [3.8, 4) is 5.75 Å². The van der Waals surface area contributed by atoms with Gasteiger partial charge in [-0.2, -0.15) is 0 Å². The highest BCUT2D eigenvalue weighted by Crippen LogP contribution is 2.26.